The van der Waals surface area contributed by atoms with Gasteiger partial charge in [-0.2, -0.15) is 0 Å². The molecule has 1 heterocycles. The van der Waals surface area contributed by atoms with Crippen LogP contribution in [-0.2, 0) is 18.9 Å². The van der Waals surface area contributed by atoms with E-state index in [4.69, 9.17) is 28.4 Å². The summed E-state index contributed by atoms with van der Waals surface area (Å²) >= 11 is 0. The highest BCUT2D eigenvalue weighted by Crippen LogP contribution is 2.28. The Morgan fingerprint density at radius 2 is 1.27 bits per heavy atom. The zero-order chi connectivity index (χ0) is 23.8. The Labute approximate surface area is 198 Å². The van der Waals surface area contributed by atoms with Crippen molar-refractivity contribution in [3.05, 3.63) is 23.8 Å². The van der Waals surface area contributed by atoms with Gasteiger partial charge >= 0.3 is 0 Å². The number of hydrogen-bond acceptors (Lipinski definition) is 7. The van der Waals surface area contributed by atoms with E-state index in [1.165, 1.54) is 0 Å². The van der Waals surface area contributed by atoms with Gasteiger partial charge in [0.2, 0.25) is 0 Å². The SMILES string of the molecule is CC(C)(C)CCCCNC(=O)c1ccc2c(c1)OCCOCCOCCOCCOCCO2. The van der Waals surface area contributed by atoms with Gasteiger partial charge in [-0.15, -0.1) is 0 Å². The number of carbonyl (C=O) groups excluding carboxylic acids is 1. The number of amides is 1. The molecule has 0 radical (unpaired) electrons. The third-order valence-electron chi connectivity index (χ3n) is 4.93. The molecule has 1 N–H and O–H groups in total. The maximum Gasteiger partial charge on any atom is 0.251 e. The molecule has 2 rings (SSSR count). The largest absolute Gasteiger partial charge is 0.487 e. The summed E-state index contributed by atoms with van der Waals surface area (Å²) < 4.78 is 33.7. The van der Waals surface area contributed by atoms with E-state index < -0.39 is 0 Å². The van der Waals surface area contributed by atoms with Crippen molar-refractivity contribution in [2.45, 2.75) is 40.0 Å². The summed E-state index contributed by atoms with van der Waals surface area (Å²) in [6.07, 6.45) is 3.18. The molecule has 0 fully saturated rings. The van der Waals surface area contributed by atoms with Crippen LogP contribution in [0.1, 0.15) is 50.4 Å². The molecule has 8 heteroatoms. The molecule has 1 aliphatic heterocycles. The van der Waals surface area contributed by atoms with E-state index in [9.17, 15) is 4.79 Å². The molecule has 1 aromatic carbocycles. The molecule has 1 amide bonds. The Bertz CT molecular complexity index is 675. The maximum absolute atomic E-state index is 12.6. The van der Waals surface area contributed by atoms with Gasteiger partial charge in [-0.25, -0.2) is 0 Å². The zero-order valence-corrected chi connectivity index (χ0v) is 20.5. The van der Waals surface area contributed by atoms with Crippen molar-refractivity contribution < 1.29 is 33.2 Å². The fraction of sp³-hybridized carbons (Fsp3) is 0.720. The predicted molar refractivity (Wildman–Crippen MR) is 126 cm³/mol. The number of hydrogen-bond donors (Lipinski definition) is 1. The van der Waals surface area contributed by atoms with Gasteiger partial charge in [0.25, 0.3) is 5.91 Å². The summed E-state index contributed by atoms with van der Waals surface area (Å²) in [5.74, 6) is 0.967. The first-order chi connectivity index (χ1) is 16.0. The summed E-state index contributed by atoms with van der Waals surface area (Å²) in [5, 5.41) is 2.99. The average molecular weight is 468 g/mol. The molecule has 0 spiro atoms. The van der Waals surface area contributed by atoms with Crippen LogP contribution in [0.15, 0.2) is 18.2 Å². The predicted octanol–water partition coefficient (Wildman–Crippen LogP) is 3.47. The molecular formula is C25H41NO7. The minimum Gasteiger partial charge on any atom is -0.487 e. The Morgan fingerprint density at radius 1 is 0.758 bits per heavy atom. The van der Waals surface area contributed by atoms with Gasteiger partial charge in [-0.3, -0.25) is 4.79 Å². The number of rotatable bonds is 5. The van der Waals surface area contributed by atoms with Gasteiger partial charge in [-0.05, 0) is 36.5 Å². The van der Waals surface area contributed by atoms with Crippen molar-refractivity contribution in [2.75, 3.05) is 72.6 Å². The standard InChI is InChI=1S/C25H41NO7/c1-25(2,3)8-4-5-9-26-24(27)21-6-7-22-23(20-21)33-19-17-31-15-13-29-11-10-28-12-14-30-16-18-32-22/h6-7,20H,4-5,8-19H2,1-3H3,(H,26,27). The summed E-state index contributed by atoms with van der Waals surface area (Å²) in [5.41, 5.74) is 0.856. The molecule has 0 saturated carbocycles. The number of unbranched alkanes of at least 4 members (excludes halogenated alkanes) is 1. The summed E-state index contributed by atoms with van der Waals surface area (Å²) in [6.45, 7) is 11.9. The Balaban J connectivity index is 1.89. The first-order valence-corrected chi connectivity index (χ1v) is 11.9. The van der Waals surface area contributed by atoms with E-state index >= 15 is 0 Å². The van der Waals surface area contributed by atoms with E-state index in [1.807, 2.05) is 0 Å². The third-order valence-corrected chi connectivity index (χ3v) is 4.93. The fourth-order valence-corrected chi connectivity index (χ4v) is 3.15. The molecule has 0 saturated heterocycles. The second-order valence-corrected chi connectivity index (χ2v) is 9.08. The van der Waals surface area contributed by atoms with Crippen molar-refractivity contribution in [1.82, 2.24) is 5.32 Å². The van der Waals surface area contributed by atoms with Crippen LogP contribution in [0.4, 0.5) is 0 Å². The molecule has 0 atom stereocenters. The number of nitrogens with one attached hydrogen (secondary N) is 1. The lowest BCUT2D eigenvalue weighted by Crippen LogP contribution is -2.24. The number of carbonyl (C=O) groups is 1. The molecule has 0 bridgehead atoms. The Morgan fingerprint density at radius 3 is 1.82 bits per heavy atom. The normalized spacial score (nSPS) is 17.5. The van der Waals surface area contributed by atoms with Crippen LogP contribution < -0.4 is 14.8 Å². The van der Waals surface area contributed by atoms with Gasteiger partial charge in [0, 0.05) is 12.1 Å². The zero-order valence-electron chi connectivity index (χ0n) is 20.5. The highest BCUT2D eigenvalue weighted by molar-refractivity contribution is 5.94. The van der Waals surface area contributed by atoms with Crippen LogP contribution in [0.3, 0.4) is 0 Å². The molecule has 0 aromatic heterocycles. The summed E-state index contributed by atoms with van der Waals surface area (Å²) in [4.78, 5) is 12.6. The highest BCUT2D eigenvalue weighted by Gasteiger charge is 2.13. The van der Waals surface area contributed by atoms with Crippen molar-refractivity contribution >= 4 is 5.91 Å². The maximum atomic E-state index is 12.6. The lowest BCUT2D eigenvalue weighted by atomic mass is 9.90. The minimum atomic E-state index is -0.117. The first-order valence-electron chi connectivity index (χ1n) is 11.9. The molecule has 33 heavy (non-hydrogen) atoms. The number of fused-ring (bicyclic) bond motifs is 1. The van der Waals surface area contributed by atoms with Crippen molar-refractivity contribution in [1.29, 1.82) is 0 Å². The second-order valence-electron chi connectivity index (χ2n) is 9.08. The number of benzene rings is 1. The van der Waals surface area contributed by atoms with Gasteiger partial charge in [0.15, 0.2) is 11.5 Å². The van der Waals surface area contributed by atoms with Crippen molar-refractivity contribution in [3.8, 4) is 11.5 Å². The Hall–Kier alpha value is -1.87. The molecule has 0 unspecified atom stereocenters. The average Bonchev–Trinajstić information content (AvgIpc) is 2.77. The van der Waals surface area contributed by atoms with Crippen LogP contribution in [0.2, 0.25) is 0 Å². The van der Waals surface area contributed by atoms with Crippen LogP contribution in [0.25, 0.3) is 0 Å². The lowest BCUT2D eigenvalue weighted by molar-refractivity contribution is -0.00842. The van der Waals surface area contributed by atoms with E-state index in [-0.39, 0.29) is 5.91 Å². The summed E-state index contributed by atoms with van der Waals surface area (Å²) in [7, 11) is 0. The molecule has 188 valence electrons. The second kappa shape index (κ2) is 15.9. The van der Waals surface area contributed by atoms with Crippen LogP contribution in [0.5, 0.6) is 11.5 Å². The van der Waals surface area contributed by atoms with E-state index in [1.54, 1.807) is 18.2 Å². The first kappa shape index (κ1) is 27.4. The van der Waals surface area contributed by atoms with Crippen LogP contribution in [0, 0.1) is 5.41 Å². The van der Waals surface area contributed by atoms with Crippen LogP contribution in [-0.4, -0.2) is 78.5 Å². The van der Waals surface area contributed by atoms with Gasteiger partial charge in [-0.1, -0.05) is 27.2 Å². The molecule has 1 aliphatic rings. The molecule has 0 aliphatic carbocycles. The quantitative estimate of drug-likeness (QED) is 0.664. The van der Waals surface area contributed by atoms with Crippen LogP contribution >= 0.6 is 0 Å². The topological polar surface area (TPSA) is 84.5 Å². The smallest absolute Gasteiger partial charge is 0.251 e. The van der Waals surface area contributed by atoms with Crippen molar-refractivity contribution in [2.24, 2.45) is 5.41 Å². The monoisotopic (exact) mass is 467 g/mol. The van der Waals surface area contributed by atoms with Gasteiger partial charge in [0.1, 0.15) is 13.2 Å². The minimum absolute atomic E-state index is 0.117. The van der Waals surface area contributed by atoms with E-state index in [0.29, 0.717) is 95.1 Å². The highest BCUT2D eigenvalue weighted by atomic mass is 16.6. The van der Waals surface area contributed by atoms with Gasteiger partial charge < -0.3 is 33.7 Å². The molecule has 8 nitrogen and oxygen atoms in total. The lowest BCUT2D eigenvalue weighted by Gasteiger charge is -2.17. The fourth-order valence-electron chi connectivity index (χ4n) is 3.15. The third kappa shape index (κ3) is 12.8. The van der Waals surface area contributed by atoms with Gasteiger partial charge in [0.05, 0.1) is 52.9 Å². The van der Waals surface area contributed by atoms with E-state index in [0.717, 1.165) is 19.3 Å². The Kier molecular flexibility index (Phi) is 13.2. The summed E-state index contributed by atoms with van der Waals surface area (Å²) in [6, 6.07) is 5.23. The number of ether oxygens (including phenoxy) is 6. The van der Waals surface area contributed by atoms with Crippen molar-refractivity contribution in [3.63, 3.8) is 0 Å². The molecule has 1 aromatic rings. The molecular weight excluding hydrogens is 426 g/mol. The van der Waals surface area contributed by atoms with E-state index in [2.05, 4.69) is 26.1 Å².